The highest BCUT2D eigenvalue weighted by molar-refractivity contribution is 5.93. The first-order valence-electron chi connectivity index (χ1n) is 5.57. The van der Waals surface area contributed by atoms with Crippen LogP contribution in [0.2, 0.25) is 0 Å². The van der Waals surface area contributed by atoms with Gasteiger partial charge in [-0.15, -0.1) is 0 Å². The molecule has 94 valence electrons. The number of hydrogen-bond acceptors (Lipinski definition) is 3. The van der Waals surface area contributed by atoms with Gasteiger partial charge < -0.3 is 10.4 Å². The molecule has 1 amide bonds. The quantitative estimate of drug-likeness (QED) is 0.816. The smallest absolute Gasteiger partial charge is 0.252 e. The summed E-state index contributed by atoms with van der Waals surface area (Å²) in [6.07, 6.45) is 2.38. The largest absolute Gasteiger partial charge is 0.393 e. The third kappa shape index (κ3) is 4.48. The molecule has 4 nitrogen and oxygen atoms in total. The van der Waals surface area contributed by atoms with E-state index < -0.39 is 11.9 Å². The number of nitrogens with zero attached hydrogens (tertiary/aromatic N) is 1. The fourth-order valence-electron chi connectivity index (χ4n) is 1.31. The van der Waals surface area contributed by atoms with Crippen LogP contribution in [0.5, 0.6) is 0 Å². The first-order chi connectivity index (χ1) is 8.00. The molecule has 1 aromatic rings. The van der Waals surface area contributed by atoms with Crippen molar-refractivity contribution in [3.8, 4) is 0 Å². The van der Waals surface area contributed by atoms with E-state index in [1.165, 1.54) is 6.20 Å². The van der Waals surface area contributed by atoms with Gasteiger partial charge in [0, 0.05) is 12.7 Å². The van der Waals surface area contributed by atoms with Crippen molar-refractivity contribution in [3.63, 3.8) is 0 Å². The van der Waals surface area contributed by atoms with Crippen LogP contribution in [-0.4, -0.2) is 28.6 Å². The highest BCUT2D eigenvalue weighted by atomic mass is 19.1. The van der Waals surface area contributed by atoms with Crippen LogP contribution in [0.15, 0.2) is 18.5 Å². The van der Waals surface area contributed by atoms with Crippen molar-refractivity contribution in [2.45, 2.75) is 26.4 Å². The van der Waals surface area contributed by atoms with Crippen molar-refractivity contribution in [2.75, 3.05) is 6.54 Å². The number of carbonyl (C=O) groups excluding carboxylic acids is 1. The van der Waals surface area contributed by atoms with Gasteiger partial charge >= 0.3 is 0 Å². The van der Waals surface area contributed by atoms with Crippen LogP contribution in [0.3, 0.4) is 0 Å². The summed E-state index contributed by atoms with van der Waals surface area (Å²) in [4.78, 5) is 15.1. The molecule has 0 fully saturated rings. The van der Waals surface area contributed by atoms with Crippen molar-refractivity contribution in [1.29, 1.82) is 0 Å². The molecular formula is C12H17FN2O2. The lowest BCUT2D eigenvalue weighted by molar-refractivity contribution is 0.0919. The van der Waals surface area contributed by atoms with Crippen LogP contribution in [-0.2, 0) is 0 Å². The fraction of sp³-hybridized carbons (Fsp3) is 0.500. The fourth-order valence-corrected chi connectivity index (χ4v) is 1.31. The zero-order valence-electron chi connectivity index (χ0n) is 9.98. The van der Waals surface area contributed by atoms with Gasteiger partial charge in [-0.3, -0.25) is 9.78 Å². The van der Waals surface area contributed by atoms with E-state index in [9.17, 15) is 14.3 Å². The van der Waals surface area contributed by atoms with Crippen LogP contribution in [0, 0.1) is 11.7 Å². The van der Waals surface area contributed by atoms with Gasteiger partial charge in [-0.1, -0.05) is 13.8 Å². The molecule has 0 aliphatic heterocycles. The summed E-state index contributed by atoms with van der Waals surface area (Å²) < 4.78 is 12.8. The summed E-state index contributed by atoms with van der Waals surface area (Å²) in [6, 6.07) is 1.13. The Morgan fingerprint density at radius 1 is 1.53 bits per heavy atom. The second kappa shape index (κ2) is 6.30. The number of hydrogen-bond donors (Lipinski definition) is 2. The Morgan fingerprint density at radius 2 is 2.24 bits per heavy atom. The summed E-state index contributed by atoms with van der Waals surface area (Å²) in [5, 5.41) is 12.1. The van der Waals surface area contributed by atoms with Crippen molar-refractivity contribution in [3.05, 3.63) is 29.8 Å². The first-order valence-corrected chi connectivity index (χ1v) is 5.57. The number of amides is 1. The van der Waals surface area contributed by atoms with E-state index in [1.807, 2.05) is 13.8 Å². The molecule has 0 saturated carbocycles. The molecule has 1 atom stereocenters. The highest BCUT2D eigenvalue weighted by Gasteiger charge is 2.10. The first kappa shape index (κ1) is 13.6. The number of nitrogens with one attached hydrogen (secondary N) is 1. The lowest BCUT2D eigenvalue weighted by Gasteiger charge is -2.14. The molecular weight excluding hydrogens is 223 g/mol. The zero-order valence-corrected chi connectivity index (χ0v) is 9.98. The van der Waals surface area contributed by atoms with E-state index in [1.54, 1.807) is 0 Å². The molecule has 0 radical (unpaired) electrons. The second-order valence-electron chi connectivity index (χ2n) is 4.25. The molecule has 0 bridgehead atoms. The maximum absolute atomic E-state index is 12.8. The molecule has 1 heterocycles. The van der Waals surface area contributed by atoms with Gasteiger partial charge in [0.25, 0.3) is 5.91 Å². The molecule has 0 aliphatic rings. The minimum Gasteiger partial charge on any atom is -0.393 e. The Balaban J connectivity index is 2.40. The van der Waals surface area contributed by atoms with E-state index in [2.05, 4.69) is 10.3 Å². The molecule has 0 aromatic carbocycles. The third-order valence-electron chi connectivity index (χ3n) is 2.46. The Hall–Kier alpha value is -1.49. The molecule has 0 saturated heterocycles. The van der Waals surface area contributed by atoms with Gasteiger partial charge in [-0.25, -0.2) is 4.39 Å². The van der Waals surface area contributed by atoms with Gasteiger partial charge in [-0.05, 0) is 18.4 Å². The van der Waals surface area contributed by atoms with Gasteiger partial charge in [0.2, 0.25) is 0 Å². The molecule has 0 spiro atoms. The van der Waals surface area contributed by atoms with Crippen LogP contribution in [0.4, 0.5) is 4.39 Å². The maximum Gasteiger partial charge on any atom is 0.252 e. The number of rotatable bonds is 5. The lowest BCUT2D eigenvalue weighted by atomic mass is 10.0. The van der Waals surface area contributed by atoms with Crippen molar-refractivity contribution in [1.82, 2.24) is 10.3 Å². The van der Waals surface area contributed by atoms with Gasteiger partial charge in [0.15, 0.2) is 0 Å². The van der Waals surface area contributed by atoms with Crippen molar-refractivity contribution < 1.29 is 14.3 Å². The standard InChI is InChI=1S/C12H17FN2O2/c1-8(2)11(16)3-4-15-12(17)9-5-10(13)7-14-6-9/h5-8,11,16H,3-4H2,1-2H3,(H,15,17). The highest BCUT2D eigenvalue weighted by Crippen LogP contribution is 2.05. The van der Waals surface area contributed by atoms with E-state index >= 15 is 0 Å². The minimum absolute atomic E-state index is 0.155. The van der Waals surface area contributed by atoms with Crippen molar-refractivity contribution >= 4 is 5.91 Å². The molecule has 17 heavy (non-hydrogen) atoms. The van der Waals surface area contributed by atoms with Gasteiger partial charge in [0.05, 0.1) is 17.9 Å². The Kier molecular flexibility index (Phi) is 5.03. The average molecular weight is 240 g/mol. The summed E-state index contributed by atoms with van der Waals surface area (Å²) in [6.45, 7) is 4.17. The predicted molar refractivity (Wildman–Crippen MR) is 62.0 cm³/mol. The summed E-state index contributed by atoms with van der Waals surface area (Å²) in [5.41, 5.74) is 0.184. The van der Waals surface area contributed by atoms with E-state index in [0.29, 0.717) is 13.0 Å². The van der Waals surface area contributed by atoms with Crippen LogP contribution >= 0.6 is 0 Å². The number of halogens is 1. The van der Waals surface area contributed by atoms with Crippen LogP contribution in [0.1, 0.15) is 30.6 Å². The topological polar surface area (TPSA) is 62.2 Å². The van der Waals surface area contributed by atoms with Crippen LogP contribution < -0.4 is 5.32 Å². The lowest BCUT2D eigenvalue weighted by Crippen LogP contribution is -2.28. The SMILES string of the molecule is CC(C)C(O)CCNC(=O)c1cncc(F)c1. The van der Waals surface area contributed by atoms with E-state index in [-0.39, 0.29) is 17.4 Å². The Labute approximate surface area is 99.9 Å². The minimum atomic E-state index is -0.542. The normalized spacial score (nSPS) is 12.5. The van der Waals surface area contributed by atoms with E-state index in [4.69, 9.17) is 0 Å². The summed E-state index contributed by atoms with van der Waals surface area (Å²) in [7, 11) is 0. The Morgan fingerprint density at radius 3 is 2.82 bits per heavy atom. The Bertz CT molecular complexity index is 383. The van der Waals surface area contributed by atoms with Gasteiger partial charge in [0.1, 0.15) is 5.82 Å². The number of carbonyl (C=O) groups is 1. The van der Waals surface area contributed by atoms with E-state index in [0.717, 1.165) is 12.3 Å². The van der Waals surface area contributed by atoms with Crippen molar-refractivity contribution in [2.24, 2.45) is 5.92 Å². The molecule has 1 unspecified atom stereocenters. The molecule has 1 aromatic heterocycles. The average Bonchev–Trinajstić information content (AvgIpc) is 2.28. The predicted octanol–water partition coefficient (Wildman–Crippen LogP) is 1.36. The molecule has 1 rings (SSSR count). The van der Waals surface area contributed by atoms with Crippen LogP contribution in [0.25, 0.3) is 0 Å². The monoisotopic (exact) mass is 240 g/mol. The summed E-state index contributed by atoms with van der Waals surface area (Å²) >= 11 is 0. The summed E-state index contributed by atoms with van der Waals surface area (Å²) in [5.74, 6) is -0.768. The number of pyridine rings is 1. The number of aliphatic hydroxyl groups is 1. The molecule has 0 aliphatic carbocycles. The van der Waals surface area contributed by atoms with Gasteiger partial charge in [-0.2, -0.15) is 0 Å². The number of aliphatic hydroxyl groups excluding tert-OH is 1. The second-order valence-corrected chi connectivity index (χ2v) is 4.25. The third-order valence-corrected chi connectivity index (χ3v) is 2.46. The zero-order chi connectivity index (χ0) is 12.8. The number of aromatic nitrogens is 1. The maximum atomic E-state index is 12.8. The molecule has 5 heteroatoms. The molecule has 2 N–H and O–H groups in total.